The van der Waals surface area contributed by atoms with Gasteiger partial charge in [-0.1, -0.05) is 0 Å². The highest BCUT2D eigenvalue weighted by atomic mass is 19.3. The molecular weight excluding hydrogens is 492 g/mol. The number of nitrogens with zero attached hydrogens (tertiary/aromatic N) is 2. The Bertz CT molecular complexity index is 1330. The molecule has 14 heteroatoms. The van der Waals surface area contributed by atoms with E-state index in [0.29, 0.717) is 12.1 Å². The van der Waals surface area contributed by atoms with Gasteiger partial charge in [0.05, 0.1) is 11.3 Å². The Labute approximate surface area is 214 Å². The molecule has 3 aliphatic rings. The van der Waals surface area contributed by atoms with E-state index in [0.717, 1.165) is 6.42 Å². The average molecular weight is 526 g/mol. The first kappa shape index (κ1) is 26.0. The van der Waals surface area contributed by atoms with Crippen molar-refractivity contribution in [2.45, 2.75) is 50.1 Å². The number of likely N-dealkylation sites (N-methyl/N-ethyl adjacent to an activating group) is 1. The summed E-state index contributed by atoms with van der Waals surface area (Å²) in [5, 5.41) is 4.49. The molecule has 0 bridgehead atoms. The number of Topliss-reactive ketones (excluding diaryl/α,β-unsaturated/α-hetero) is 1. The first-order valence-electron chi connectivity index (χ1n) is 11.4. The molecule has 2 fully saturated rings. The first-order valence-corrected chi connectivity index (χ1v) is 11.4. The molecule has 0 aromatic carbocycles. The molecule has 0 spiro atoms. The zero-order valence-electron chi connectivity index (χ0n) is 20.2. The highest BCUT2D eigenvalue weighted by Crippen LogP contribution is 2.54. The van der Waals surface area contributed by atoms with Crippen LogP contribution in [-0.2, 0) is 20.8 Å². The van der Waals surface area contributed by atoms with Crippen LogP contribution in [0.4, 0.5) is 20.3 Å². The molecule has 2 saturated carbocycles. The van der Waals surface area contributed by atoms with E-state index in [-0.39, 0.29) is 50.7 Å². The van der Waals surface area contributed by atoms with E-state index in [1.807, 2.05) is 0 Å². The van der Waals surface area contributed by atoms with E-state index in [1.54, 1.807) is 16.7 Å². The Morgan fingerprint density at radius 2 is 1.97 bits per heavy atom. The van der Waals surface area contributed by atoms with Crippen LogP contribution >= 0.6 is 0 Å². The number of nitrogens with one attached hydrogen (secondary N) is 3. The molecule has 2 unspecified atom stereocenters. The highest BCUT2D eigenvalue weighted by Gasteiger charge is 2.62. The van der Waals surface area contributed by atoms with Gasteiger partial charge in [-0.2, -0.15) is 5.48 Å². The van der Waals surface area contributed by atoms with Crippen molar-refractivity contribution in [3.8, 4) is 0 Å². The van der Waals surface area contributed by atoms with Crippen LogP contribution in [0.1, 0.15) is 61.7 Å². The molecule has 2 atom stereocenters. The fourth-order valence-corrected chi connectivity index (χ4v) is 5.32. The van der Waals surface area contributed by atoms with Crippen LogP contribution in [-0.4, -0.2) is 51.6 Å². The van der Waals surface area contributed by atoms with Crippen molar-refractivity contribution in [2.75, 3.05) is 18.3 Å². The number of carbonyl (C=O) groups is 4. The lowest BCUT2D eigenvalue weighted by atomic mass is 9.72. The third kappa shape index (κ3) is 4.16. The van der Waals surface area contributed by atoms with Crippen molar-refractivity contribution in [3.63, 3.8) is 0 Å². The predicted octanol–water partition coefficient (Wildman–Crippen LogP) is 2.19. The second-order valence-electron chi connectivity index (χ2n) is 9.52. The number of nitrogen functional groups attached to an aromatic ring is 1. The van der Waals surface area contributed by atoms with Crippen molar-refractivity contribution < 1.29 is 37.1 Å². The van der Waals surface area contributed by atoms with E-state index in [1.165, 1.54) is 20.2 Å². The van der Waals surface area contributed by atoms with Gasteiger partial charge in [0.15, 0.2) is 5.82 Å². The number of aromatic nitrogens is 2. The summed E-state index contributed by atoms with van der Waals surface area (Å²) in [6, 6.07) is 3.17. The van der Waals surface area contributed by atoms with Gasteiger partial charge in [-0.25, -0.2) is 18.6 Å². The van der Waals surface area contributed by atoms with Crippen LogP contribution in [0, 0.1) is 12.8 Å². The fourth-order valence-electron chi connectivity index (χ4n) is 5.32. The Morgan fingerprint density at radius 1 is 1.27 bits per heavy atom. The van der Waals surface area contributed by atoms with Crippen LogP contribution in [0.25, 0.3) is 0 Å². The maximum atomic E-state index is 13.6. The number of anilines is 2. The van der Waals surface area contributed by atoms with Gasteiger partial charge in [0.1, 0.15) is 11.2 Å². The molecule has 37 heavy (non-hydrogen) atoms. The summed E-state index contributed by atoms with van der Waals surface area (Å²) in [6.45, 7) is 1.51. The van der Waals surface area contributed by atoms with Crippen LogP contribution in [0.5, 0.6) is 0 Å². The summed E-state index contributed by atoms with van der Waals surface area (Å²) in [5.74, 6) is -6.57. The van der Waals surface area contributed by atoms with E-state index in [2.05, 4.69) is 21.1 Å². The number of nitrogens with two attached hydrogens (primary N) is 1. The predicted molar refractivity (Wildman–Crippen MR) is 133 cm³/mol. The van der Waals surface area contributed by atoms with Gasteiger partial charge in [-0.3, -0.25) is 14.4 Å². The molecule has 5 rings (SSSR count). The number of alkyl halides is 2. The maximum absolute atomic E-state index is 13.6. The molecule has 2 aromatic heterocycles. The number of rotatable bonds is 7. The molecule has 12 nitrogen and oxygen atoms in total. The van der Waals surface area contributed by atoms with E-state index < -0.39 is 47.9 Å². The maximum Gasteiger partial charge on any atom is 0.379 e. The monoisotopic (exact) mass is 525 g/mol. The number of pyridine rings is 1. The second kappa shape index (κ2) is 8.80. The molecule has 8 N–H and O–H groups in total. The third-order valence-electron chi connectivity index (χ3n) is 7.06. The molecule has 0 saturated heterocycles. The highest BCUT2D eigenvalue weighted by molar-refractivity contribution is 6.44. The Balaban J connectivity index is 0.00000200. The molecular formula is C23H33F2N7O5. The molecule has 204 valence electrons. The first-order chi connectivity index (χ1) is 17.0. The van der Waals surface area contributed by atoms with Crippen molar-refractivity contribution in [1.29, 1.82) is 0 Å². The van der Waals surface area contributed by atoms with Gasteiger partial charge >= 0.3 is 5.97 Å². The summed E-state index contributed by atoms with van der Waals surface area (Å²) in [7, 11) is 1.26. The number of halogens is 2. The standard InChI is InChI=1S/C23H24F2N6O5.H3N.3H2/c1-10-15(17(32)19(33)29-22(21(35)27-2)8-23(24,25)9-22)14-7-11-6-13(11)31(14)16(10)20(34)36-30-18-12(26)4-3-5-28-18;;;;/h3-5,11,13H,6-9,26H2,1-2H3,(H,27,35)(H,28,30)(H,29,33);1H3;3*1H. The topological polar surface area (TPSA) is 192 Å². The van der Waals surface area contributed by atoms with Crippen molar-refractivity contribution in [2.24, 2.45) is 5.92 Å². The second-order valence-corrected chi connectivity index (χ2v) is 9.52. The van der Waals surface area contributed by atoms with Crippen molar-refractivity contribution in [3.05, 3.63) is 40.8 Å². The van der Waals surface area contributed by atoms with E-state index in [4.69, 9.17) is 10.6 Å². The summed E-state index contributed by atoms with van der Waals surface area (Å²) in [4.78, 5) is 60.6. The molecule has 0 radical (unpaired) electrons. The molecule has 1 aliphatic heterocycles. The van der Waals surface area contributed by atoms with Gasteiger partial charge in [0.2, 0.25) is 5.91 Å². The lowest BCUT2D eigenvalue weighted by molar-refractivity contribution is -0.164. The van der Waals surface area contributed by atoms with Crippen molar-refractivity contribution in [1.82, 2.24) is 26.3 Å². The molecule has 2 aromatic rings. The summed E-state index contributed by atoms with van der Waals surface area (Å²) < 4.78 is 28.9. The minimum absolute atomic E-state index is 0. The van der Waals surface area contributed by atoms with E-state index in [9.17, 15) is 28.0 Å². The average Bonchev–Trinajstić information content (AvgIpc) is 3.39. The molecule has 2 aliphatic carbocycles. The number of hydrogen-bond donors (Lipinski definition) is 5. The van der Waals surface area contributed by atoms with Gasteiger partial charge in [-0.15, -0.1) is 0 Å². The number of carbonyl (C=O) groups excluding carboxylic acids is 4. The third-order valence-corrected chi connectivity index (χ3v) is 7.06. The van der Waals surface area contributed by atoms with Gasteiger partial charge in [-0.05, 0) is 43.4 Å². The number of hydrogen-bond acceptors (Lipinski definition) is 9. The zero-order valence-corrected chi connectivity index (χ0v) is 20.2. The van der Waals surface area contributed by atoms with Crippen LogP contribution in [0.3, 0.4) is 0 Å². The summed E-state index contributed by atoms with van der Waals surface area (Å²) in [6.07, 6.45) is 0.939. The Kier molecular flexibility index (Phi) is 6.18. The summed E-state index contributed by atoms with van der Waals surface area (Å²) >= 11 is 0. The Morgan fingerprint density at radius 3 is 2.59 bits per heavy atom. The minimum atomic E-state index is -3.13. The van der Waals surface area contributed by atoms with Gasteiger partial charge in [0, 0.05) is 42.1 Å². The number of ketones is 1. The minimum Gasteiger partial charge on any atom is -0.396 e. The van der Waals surface area contributed by atoms with Crippen LogP contribution in [0.15, 0.2) is 18.3 Å². The number of fused-ring (bicyclic) bond motifs is 3. The molecule has 2 amide bonds. The van der Waals surface area contributed by atoms with Crippen molar-refractivity contribution >= 4 is 35.1 Å². The van der Waals surface area contributed by atoms with Crippen LogP contribution < -0.4 is 28.0 Å². The Hall–Kier alpha value is -4.07. The number of amides is 2. The van der Waals surface area contributed by atoms with Crippen LogP contribution in [0.2, 0.25) is 0 Å². The zero-order chi connectivity index (χ0) is 26.0. The normalized spacial score (nSPS) is 21.3. The van der Waals surface area contributed by atoms with Gasteiger partial charge in [0.25, 0.3) is 17.6 Å². The fraction of sp³-hybridized carbons (Fsp3) is 0.435. The lowest BCUT2D eigenvalue weighted by Gasteiger charge is -2.45. The summed E-state index contributed by atoms with van der Waals surface area (Å²) in [5.41, 5.74) is 7.44. The quantitative estimate of drug-likeness (QED) is 0.205. The molecule has 3 heterocycles. The van der Waals surface area contributed by atoms with Gasteiger partial charge < -0.3 is 31.9 Å². The van der Waals surface area contributed by atoms with E-state index >= 15 is 0 Å². The SMILES string of the molecule is CNC(=O)C1(NC(=O)C(=O)c2c(C)c(C(=O)ONc3ncccc3N)n3c2CC2CC23)CC(F)(F)C1.N.[HH].[HH].[HH]. The smallest absolute Gasteiger partial charge is 0.379 e. The largest absolute Gasteiger partial charge is 0.396 e. The lowest BCUT2D eigenvalue weighted by Crippen LogP contribution is -2.69.